The second-order valence-corrected chi connectivity index (χ2v) is 7.46. The Kier molecular flexibility index (Phi) is 5.54. The van der Waals surface area contributed by atoms with Crippen molar-refractivity contribution in [3.8, 4) is 0 Å². The maximum absolute atomic E-state index is 5.73. The molecule has 0 amide bonds. The van der Waals surface area contributed by atoms with Crippen LogP contribution in [0.2, 0.25) is 0 Å². The summed E-state index contributed by atoms with van der Waals surface area (Å²) in [6.45, 7) is 6.26. The van der Waals surface area contributed by atoms with Gasteiger partial charge in [0.15, 0.2) is 5.11 Å². The number of nitrogens with zero attached hydrogens (tertiary/aromatic N) is 2. The highest BCUT2D eigenvalue weighted by Crippen LogP contribution is 2.33. The lowest BCUT2D eigenvalue weighted by molar-refractivity contribution is 0.141. The van der Waals surface area contributed by atoms with E-state index in [1.165, 1.54) is 37.7 Å². The first-order valence-electron chi connectivity index (χ1n) is 9.03. The number of nitrogens with two attached hydrogens (primary N) is 1. The molecule has 1 unspecified atom stereocenters. The molecule has 2 fully saturated rings. The van der Waals surface area contributed by atoms with Gasteiger partial charge in [-0.25, -0.2) is 0 Å². The van der Waals surface area contributed by atoms with Crippen molar-refractivity contribution in [2.24, 2.45) is 5.73 Å². The summed E-state index contributed by atoms with van der Waals surface area (Å²) in [5, 5.41) is 0.536. The standard InChI is InChI=1S/C19H29N3S/c1-15(21-11-13-22(14-12-21)19(20)23)16-7-9-18(10-8-16)17-5-3-2-4-6-17/h7-10,15,17H,2-6,11-14H2,1H3,(H2,20,23). The second-order valence-electron chi connectivity index (χ2n) is 7.04. The fourth-order valence-electron chi connectivity index (χ4n) is 4.02. The first-order chi connectivity index (χ1) is 11.1. The normalized spacial score (nSPS) is 22.0. The van der Waals surface area contributed by atoms with Crippen LogP contribution in [0, 0.1) is 0 Å². The van der Waals surface area contributed by atoms with Gasteiger partial charge in [0.05, 0.1) is 0 Å². The lowest BCUT2D eigenvalue weighted by Gasteiger charge is -2.38. The smallest absolute Gasteiger partial charge is 0.166 e. The quantitative estimate of drug-likeness (QED) is 0.857. The molecule has 23 heavy (non-hydrogen) atoms. The van der Waals surface area contributed by atoms with Crippen LogP contribution >= 0.6 is 12.2 Å². The summed E-state index contributed by atoms with van der Waals surface area (Å²) in [6, 6.07) is 9.88. The molecule has 1 aliphatic heterocycles. The number of thiocarbonyl (C=S) groups is 1. The van der Waals surface area contributed by atoms with E-state index in [1.54, 1.807) is 5.56 Å². The summed E-state index contributed by atoms with van der Waals surface area (Å²) < 4.78 is 0. The van der Waals surface area contributed by atoms with Crippen molar-refractivity contribution in [1.82, 2.24) is 9.80 Å². The Bertz CT molecular complexity index is 514. The van der Waals surface area contributed by atoms with Crippen LogP contribution in [0.15, 0.2) is 24.3 Å². The molecule has 126 valence electrons. The lowest BCUT2D eigenvalue weighted by Crippen LogP contribution is -2.50. The molecule has 0 bridgehead atoms. The summed E-state index contributed by atoms with van der Waals surface area (Å²) in [5.41, 5.74) is 8.69. The van der Waals surface area contributed by atoms with Crippen molar-refractivity contribution < 1.29 is 0 Å². The number of benzene rings is 1. The van der Waals surface area contributed by atoms with Gasteiger partial charge in [0.1, 0.15) is 0 Å². The third-order valence-corrected chi connectivity index (χ3v) is 5.93. The average Bonchev–Trinajstić information content (AvgIpc) is 2.62. The van der Waals surface area contributed by atoms with Gasteiger partial charge < -0.3 is 10.6 Å². The van der Waals surface area contributed by atoms with Crippen LogP contribution in [0.4, 0.5) is 0 Å². The van der Waals surface area contributed by atoms with Crippen LogP contribution in [0.1, 0.15) is 62.1 Å². The largest absolute Gasteiger partial charge is 0.376 e. The predicted octanol–water partition coefficient (Wildman–Crippen LogP) is 3.66. The Hall–Kier alpha value is -1.13. The lowest BCUT2D eigenvalue weighted by atomic mass is 9.83. The summed E-state index contributed by atoms with van der Waals surface area (Å²) >= 11 is 5.07. The van der Waals surface area contributed by atoms with E-state index in [-0.39, 0.29) is 0 Å². The molecule has 2 N–H and O–H groups in total. The van der Waals surface area contributed by atoms with Crippen molar-refractivity contribution in [1.29, 1.82) is 0 Å². The van der Waals surface area contributed by atoms with E-state index in [0.29, 0.717) is 11.2 Å². The molecule has 1 saturated heterocycles. The minimum atomic E-state index is 0.462. The van der Waals surface area contributed by atoms with Crippen molar-refractivity contribution in [2.45, 2.75) is 51.0 Å². The van der Waals surface area contributed by atoms with Gasteiger partial charge in [-0.2, -0.15) is 0 Å². The maximum atomic E-state index is 5.73. The summed E-state index contributed by atoms with van der Waals surface area (Å²) in [5.74, 6) is 0.794. The molecular weight excluding hydrogens is 302 g/mol. The fourth-order valence-corrected chi connectivity index (χ4v) is 4.21. The second kappa shape index (κ2) is 7.63. The highest BCUT2D eigenvalue weighted by Gasteiger charge is 2.23. The van der Waals surface area contributed by atoms with Crippen LogP contribution in [-0.2, 0) is 0 Å². The Morgan fingerprint density at radius 3 is 2.22 bits per heavy atom. The average molecular weight is 332 g/mol. The zero-order valence-electron chi connectivity index (χ0n) is 14.2. The third kappa shape index (κ3) is 4.04. The third-order valence-electron chi connectivity index (χ3n) is 5.67. The Labute approximate surface area is 145 Å². The van der Waals surface area contributed by atoms with E-state index in [1.807, 2.05) is 0 Å². The first-order valence-corrected chi connectivity index (χ1v) is 9.44. The molecule has 0 aromatic heterocycles. The van der Waals surface area contributed by atoms with Crippen molar-refractivity contribution in [3.63, 3.8) is 0 Å². The Balaban J connectivity index is 1.59. The molecule has 2 aliphatic rings. The molecular formula is C19H29N3S. The molecule has 1 saturated carbocycles. The Morgan fingerprint density at radius 1 is 1.04 bits per heavy atom. The minimum Gasteiger partial charge on any atom is -0.376 e. The van der Waals surface area contributed by atoms with E-state index in [2.05, 4.69) is 41.0 Å². The van der Waals surface area contributed by atoms with Crippen molar-refractivity contribution in [2.75, 3.05) is 26.2 Å². The van der Waals surface area contributed by atoms with E-state index < -0.39 is 0 Å². The van der Waals surface area contributed by atoms with Crippen LogP contribution in [-0.4, -0.2) is 41.1 Å². The number of piperazine rings is 1. The zero-order valence-corrected chi connectivity index (χ0v) is 15.0. The van der Waals surface area contributed by atoms with Crippen LogP contribution < -0.4 is 5.73 Å². The predicted molar refractivity (Wildman–Crippen MR) is 101 cm³/mol. The van der Waals surface area contributed by atoms with E-state index in [4.69, 9.17) is 18.0 Å². The van der Waals surface area contributed by atoms with Gasteiger partial charge in [0.25, 0.3) is 0 Å². The molecule has 1 aromatic rings. The van der Waals surface area contributed by atoms with Crippen molar-refractivity contribution >= 4 is 17.3 Å². The zero-order chi connectivity index (χ0) is 16.2. The van der Waals surface area contributed by atoms with E-state index in [9.17, 15) is 0 Å². The monoisotopic (exact) mass is 331 g/mol. The molecule has 1 heterocycles. The number of rotatable bonds is 3. The summed E-state index contributed by atoms with van der Waals surface area (Å²) in [6.07, 6.45) is 6.96. The Morgan fingerprint density at radius 2 is 1.65 bits per heavy atom. The molecule has 1 atom stereocenters. The molecule has 4 heteroatoms. The van der Waals surface area contributed by atoms with Crippen molar-refractivity contribution in [3.05, 3.63) is 35.4 Å². The number of hydrogen-bond donors (Lipinski definition) is 1. The van der Waals surface area contributed by atoms with E-state index >= 15 is 0 Å². The highest BCUT2D eigenvalue weighted by molar-refractivity contribution is 7.80. The van der Waals surface area contributed by atoms with Gasteiger partial charge in [0.2, 0.25) is 0 Å². The molecule has 1 aliphatic carbocycles. The highest BCUT2D eigenvalue weighted by atomic mass is 32.1. The number of hydrogen-bond acceptors (Lipinski definition) is 2. The van der Waals surface area contributed by atoms with Gasteiger partial charge in [-0.3, -0.25) is 4.90 Å². The molecule has 3 rings (SSSR count). The van der Waals surface area contributed by atoms with Gasteiger partial charge in [-0.1, -0.05) is 43.5 Å². The van der Waals surface area contributed by atoms with Crippen LogP contribution in [0.25, 0.3) is 0 Å². The minimum absolute atomic E-state index is 0.462. The SMILES string of the molecule is CC(c1ccc(C2CCCCC2)cc1)N1CCN(C(N)=S)CC1. The van der Waals surface area contributed by atoms with Crippen LogP contribution in [0.5, 0.6) is 0 Å². The summed E-state index contributed by atoms with van der Waals surface area (Å²) in [4.78, 5) is 4.63. The fraction of sp³-hybridized carbons (Fsp3) is 0.632. The molecule has 1 aromatic carbocycles. The van der Waals surface area contributed by atoms with Crippen LogP contribution in [0.3, 0.4) is 0 Å². The maximum Gasteiger partial charge on any atom is 0.166 e. The first kappa shape index (κ1) is 16.7. The van der Waals surface area contributed by atoms with Gasteiger partial charge in [-0.05, 0) is 49.0 Å². The molecule has 3 nitrogen and oxygen atoms in total. The van der Waals surface area contributed by atoms with Gasteiger partial charge in [0, 0.05) is 32.2 Å². The van der Waals surface area contributed by atoms with Gasteiger partial charge in [-0.15, -0.1) is 0 Å². The molecule has 0 radical (unpaired) electrons. The summed E-state index contributed by atoms with van der Waals surface area (Å²) in [7, 11) is 0. The van der Waals surface area contributed by atoms with E-state index in [0.717, 1.165) is 32.1 Å². The van der Waals surface area contributed by atoms with Gasteiger partial charge >= 0.3 is 0 Å². The topological polar surface area (TPSA) is 32.5 Å². The molecule has 0 spiro atoms.